The molecule has 1 aromatic heterocycles. The first-order valence-corrected chi connectivity index (χ1v) is 5.42. The van der Waals surface area contributed by atoms with Crippen LogP contribution in [0.25, 0.3) is 5.69 Å². The van der Waals surface area contributed by atoms with Crippen LogP contribution in [0.15, 0.2) is 30.6 Å². The molecule has 1 aromatic carbocycles. The Labute approximate surface area is 104 Å². The molecule has 1 heterocycles. The van der Waals surface area contributed by atoms with Gasteiger partial charge in [-0.15, -0.1) is 0 Å². The van der Waals surface area contributed by atoms with Crippen molar-refractivity contribution in [2.24, 2.45) is 0 Å². The van der Waals surface area contributed by atoms with E-state index in [9.17, 15) is 5.11 Å². The Bertz CT molecular complexity index is 584. The highest BCUT2D eigenvalue weighted by Gasteiger charge is 2.11. The van der Waals surface area contributed by atoms with Crippen molar-refractivity contribution in [1.82, 2.24) is 9.78 Å². The predicted octanol–water partition coefficient (Wildman–Crippen LogP) is 2.45. The van der Waals surface area contributed by atoms with Gasteiger partial charge in [0.25, 0.3) is 0 Å². The monoisotopic (exact) mass is 247 g/mol. The summed E-state index contributed by atoms with van der Waals surface area (Å²) in [5, 5.41) is 23.1. The van der Waals surface area contributed by atoms with E-state index < -0.39 is 6.10 Å². The largest absolute Gasteiger partial charge is 0.389 e. The molecule has 0 amide bonds. The van der Waals surface area contributed by atoms with Gasteiger partial charge in [-0.25, -0.2) is 4.68 Å². The van der Waals surface area contributed by atoms with Crippen LogP contribution in [-0.4, -0.2) is 14.9 Å². The van der Waals surface area contributed by atoms with E-state index in [1.807, 2.05) is 0 Å². The van der Waals surface area contributed by atoms with E-state index >= 15 is 0 Å². The molecule has 1 N–H and O–H groups in total. The molecule has 0 aliphatic rings. The van der Waals surface area contributed by atoms with Crippen LogP contribution in [0.5, 0.6) is 0 Å². The Balaban J connectivity index is 2.61. The fraction of sp³-hybridized carbons (Fsp3) is 0.167. The highest BCUT2D eigenvalue weighted by Crippen LogP contribution is 2.23. The molecule has 4 nitrogen and oxygen atoms in total. The van der Waals surface area contributed by atoms with Gasteiger partial charge >= 0.3 is 0 Å². The zero-order chi connectivity index (χ0) is 12.4. The molecule has 0 saturated heterocycles. The van der Waals surface area contributed by atoms with Gasteiger partial charge in [0.15, 0.2) is 0 Å². The third kappa shape index (κ3) is 2.31. The number of benzene rings is 1. The Kier molecular flexibility index (Phi) is 3.14. The van der Waals surface area contributed by atoms with Crippen molar-refractivity contribution in [3.8, 4) is 11.8 Å². The molecule has 0 fully saturated rings. The number of hydrogen-bond donors (Lipinski definition) is 1. The topological polar surface area (TPSA) is 61.8 Å². The lowest BCUT2D eigenvalue weighted by molar-refractivity contribution is 0.199. The summed E-state index contributed by atoms with van der Waals surface area (Å²) in [5.74, 6) is 0. The number of aromatic nitrogens is 2. The number of nitriles is 1. The smallest absolute Gasteiger partial charge is 0.0992 e. The van der Waals surface area contributed by atoms with Gasteiger partial charge in [0.1, 0.15) is 0 Å². The summed E-state index contributed by atoms with van der Waals surface area (Å²) in [6, 6.07) is 7.11. The second-order valence-corrected chi connectivity index (χ2v) is 4.10. The summed E-state index contributed by atoms with van der Waals surface area (Å²) in [7, 11) is 0. The standard InChI is InChI=1S/C12H10ClN3O/c1-8(17)11-3-2-9(5-14)4-12(11)16-7-10(13)6-15-16/h2-4,6-8,17H,1H3/t8-/m1/s1. The number of halogens is 1. The fourth-order valence-electron chi connectivity index (χ4n) is 1.60. The van der Waals surface area contributed by atoms with Crippen LogP contribution in [0.3, 0.4) is 0 Å². The number of rotatable bonds is 2. The number of aliphatic hydroxyl groups excluding tert-OH is 1. The average Bonchev–Trinajstić information content (AvgIpc) is 2.75. The lowest BCUT2D eigenvalue weighted by Gasteiger charge is -2.12. The first-order valence-electron chi connectivity index (χ1n) is 5.04. The minimum absolute atomic E-state index is 0.504. The van der Waals surface area contributed by atoms with Crippen LogP contribution < -0.4 is 0 Å². The maximum atomic E-state index is 9.68. The van der Waals surface area contributed by atoms with Crippen LogP contribution in [0.1, 0.15) is 24.2 Å². The van der Waals surface area contributed by atoms with E-state index in [2.05, 4.69) is 11.2 Å². The molecule has 2 rings (SSSR count). The van der Waals surface area contributed by atoms with Crippen molar-refractivity contribution in [3.05, 3.63) is 46.7 Å². The van der Waals surface area contributed by atoms with Gasteiger partial charge in [-0.05, 0) is 19.1 Å². The molecule has 5 heteroatoms. The second kappa shape index (κ2) is 4.58. The Morgan fingerprint density at radius 2 is 2.29 bits per heavy atom. The molecule has 0 spiro atoms. The van der Waals surface area contributed by atoms with Crippen LogP contribution >= 0.6 is 11.6 Å². The maximum absolute atomic E-state index is 9.68. The first kappa shape index (κ1) is 11.6. The Morgan fingerprint density at radius 3 is 2.82 bits per heavy atom. The minimum atomic E-state index is -0.638. The van der Waals surface area contributed by atoms with Gasteiger partial charge in [-0.1, -0.05) is 17.7 Å². The molecule has 0 radical (unpaired) electrons. The lowest BCUT2D eigenvalue weighted by atomic mass is 10.1. The summed E-state index contributed by atoms with van der Waals surface area (Å²) in [4.78, 5) is 0. The van der Waals surface area contributed by atoms with Crippen molar-refractivity contribution >= 4 is 11.6 Å². The van der Waals surface area contributed by atoms with Crippen molar-refractivity contribution in [2.45, 2.75) is 13.0 Å². The highest BCUT2D eigenvalue weighted by molar-refractivity contribution is 6.30. The molecule has 17 heavy (non-hydrogen) atoms. The molecular weight excluding hydrogens is 238 g/mol. The summed E-state index contributed by atoms with van der Waals surface area (Å²) in [6.07, 6.45) is 2.50. The summed E-state index contributed by atoms with van der Waals surface area (Å²) < 4.78 is 1.55. The third-order valence-electron chi connectivity index (χ3n) is 2.41. The fourth-order valence-corrected chi connectivity index (χ4v) is 1.73. The molecule has 2 aromatic rings. The first-order chi connectivity index (χ1) is 8.11. The van der Waals surface area contributed by atoms with Gasteiger partial charge in [0.05, 0.1) is 34.6 Å². The third-order valence-corrected chi connectivity index (χ3v) is 2.60. The molecule has 0 unspecified atom stereocenters. The number of hydrogen-bond acceptors (Lipinski definition) is 3. The van der Waals surface area contributed by atoms with Crippen molar-refractivity contribution < 1.29 is 5.11 Å². The van der Waals surface area contributed by atoms with Gasteiger partial charge in [-0.3, -0.25) is 0 Å². The van der Waals surface area contributed by atoms with Gasteiger partial charge < -0.3 is 5.11 Å². The van der Waals surface area contributed by atoms with Crippen LogP contribution in [0.2, 0.25) is 5.02 Å². The zero-order valence-corrected chi connectivity index (χ0v) is 9.89. The molecule has 0 bridgehead atoms. The number of aliphatic hydroxyl groups is 1. The van der Waals surface area contributed by atoms with Crippen LogP contribution in [-0.2, 0) is 0 Å². The molecule has 0 aliphatic heterocycles. The van der Waals surface area contributed by atoms with E-state index in [-0.39, 0.29) is 0 Å². The summed E-state index contributed by atoms with van der Waals surface area (Å²) >= 11 is 5.81. The quantitative estimate of drug-likeness (QED) is 0.887. The Hall–Kier alpha value is -1.83. The SMILES string of the molecule is C[C@@H](O)c1ccc(C#N)cc1-n1cc(Cl)cn1. The van der Waals surface area contributed by atoms with Gasteiger partial charge in [0, 0.05) is 11.8 Å². The van der Waals surface area contributed by atoms with Crippen LogP contribution in [0, 0.1) is 11.3 Å². The van der Waals surface area contributed by atoms with Crippen molar-refractivity contribution in [2.75, 3.05) is 0 Å². The summed E-state index contributed by atoms with van der Waals surface area (Å²) in [6.45, 7) is 1.66. The molecule has 1 atom stereocenters. The molecule has 0 aliphatic carbocycles. The normalized spacial score (nSPS) is 12.1. The van der Waals surface area contributed by atoms with E-state index in [4.69, 9.17) is 16.9 Å². The second-order valence-electron chi connectivity index (χ2n) is 3.66. The summed E-state index contributed by atoms with van der Waals surface area (Å²) in [5.41, 5.74) is 1.87. The maximum Gasteiger partial charge on any atom is 0.0992 e. The number of nitrogens with zero attached hydrogens (tertiary/aromatic N) is 3. The van der Waals surface area contributed by atoms with E-state index in [1.165, 1.54) is 6.20 Å². The highest BCUT2D eigenvalue weighted by atomic mass is 35.5. The van der Waals surface area contributed by atoms with Crippen molar-refractivity contribution in [1.29, 1.82) is 5.26 Å². The predicted molar refractivity (Wildman–Crippen MR) is 63.9 cm³/mol. The van der Waals surface area contributed by atoms with Gasteiger partial charge in [-0.2, -0.15) is 10.4 Å². The molecule has 0 saturated carbocycles. The van der Waals surface area contributed by atoms with Crippen LogP contribution in [0.4, 0.5) is 0 Å². The zero-order valence-electron chi connectivity index (χ0n) is 9.13. The Morgan fingerprint density at radius 1 is 1.53 bits per heavy atom. The van der Waals surface area contributed by atoms with Gasteiger partial charge in [0.2, 0.25) is 0 Å². The van der Waals surface area contributed by atoms with E-state index in [0.717, 1.165) is 0 Å². The average molecular weight is 248 g/mol. The molecular formula is C12H10ClN3O. The minimum Gasteiger partial charge on any atom is -0.389 e. The lowest BCUT2D eigenvalue weighted by Crippen LogP contribution is -2.03. The van der Waals surface area contributed by atoms with E-state index in [0.29, 0.717) is 21.8 Å². The van der Waals surface area contributed by atoms with Crippen molar-refractivity contribution in [3.63, 3.8) is 0 Å². The van der Waals surface area contributed by atoms with E-state index in [1.54, 1.807) is 36.0 Å². The molecule has 86 valence electrons.